The highest BCUT2D eigenvalue weighted by molar-refractivity contribution is 5.86. The molecule has 0 unspecified atom stereocenters. The number of carboxylic acid groups (broad SMARTS) is 1. The number of nitrogens with zero attached hydrogens (tertiary/aromatic N) is 1. The largest absolute Gasteiger partial charge is 0.480 e. The highest BCUT2D eigenvalue weighted by Gasteiger charge is 2.44. The number of carboxylic acids is 1. The normalized spacial score (nSPS) is 32.5. The predicted octanol–water partition coefficient (Wildman–Crippen LogP) is 1.84. The number of nitrogens with one attached hydrogen (secondary N) is 1. The topological polar surface area (TPSA) is 78.9 Å². The zero-order valence-corrected chi connectivity index (χ0v) is 13.1. The van der Waals surface area contributed by atoms with Crippen LogP contribution in [0.4, 0.5) is 4.79 Å². The van der Waals surface area contributed by atoms with Crippen molar-refractivity contribution < 1.29 is 19.4 Å². The van der Waals surface area contributed by atoms with Gasteiger partial charge in [0.05, 0.1) is 18.8 Å². The number of carbonyl (C=O) groups excluding carboxylic acids is 1. The van der Waals surface area contributed by atoms with Crippen molar-refractivity contribution in [1.82, 2.24) is 10.2 Å². The molecule has 6 nitrogen and oxygen atoms in total. The third-order valence-electron chi connectivity index (χ3n) is 4.60. The molecule has 120 valence electrons. The Morgan fingerprint density at radius 2 is 1.90 bits per heavy atom. The summed E-state index contributed by atoms with van der Waals surface area (Å²) in [6, 6.07) is -0.289. The Kier molecular flexibility index (Phi) is 4.46. The fraction of sp³-hybridized carbons (Fsp3) is 0.867. The van der Waals surface area contributed by atoms with Gasteiger partial charge in [-0.1, -0.05) is 6.92 Å². The van der Waals surface area contributed by atoms with E-state index in [0.29, 0.717) is 38.5 Å². The molecule has 0 spiro atoms. The van der Waals surface area contributed by atoms with Gasteiger partial charge >= 0.3 is 12.0 Å². The third-order valence-corrected chi connectivity index (χ3v) is 4.60. The van der Waals surface area contributed by atoms with Crippen LogP contribution in [0, 0.1) is 5.92 Å². The summed E-state index contributed by atoms with van der Waals surface area (Å²) >= 11 is 0. The Morgan fingerprint density at radius 3 is 2.43 bits per heavy atom. The second kappa shape index (κ2) is 5.83. The number of carbonyl (C=O) groups is 2. The Hall–Kier alpha value is -1.30. The summed E-state index contributed by atoms with van der Waals surface area (Å²) in [4.78, 5) is 25.8. The molecule has 0 aromatic rings. The van der Waals surface area contributed by atoms with Gasteiger partial charge in [-0.25, -0.2) is 9.59 Å². The third kappa shape index (κ3) is 3.67. The maximum absolute atomic E-state index is 12.4. The van der Waals surface area contributed by atoms with E-state index in [1.165, 1.54) is 0 Å². The van der Waals surface area contributed by atoms with Gasteiger partial charge in [-0.05, 0) is 45.4 Å². The SMILES string of the molecule is CC1CCC(NC(=O)N2CCOC(C)(C)C2)(C(=O)O)CC1. The van der Waals surface area contributed by atoms with E-state index >= 15 is 0 Å². The molecule has 0 aromatic heterocycles. The number of hydrogen-bond donors (Lipinski definition) is 2. The molecule has 2 aliphatic rings. The van der Waals surface area contributed by atoms with Crippen molar-refractivity contribution in [2.45, 2.75) is 57.6 Å². The number of rotatable bonds is 2. The van der Waals surface area contributed by atoms with E-state index < -0.39 is 11.5 Å². The van der Waals surface area contributed by atoms with Crippen LogP contribution in [0.25, 0.3) is 0 Å². The van der Waals surface area contributed by atoms with Gasteiger partial charge in [0.15, 0.2) is 0 Å². The summed E-state index contributed by atoms with van der Waals surface area (Å²) in [6.07, 6.45) is 2.67. The highest BCUT2D eigenvalue weighted by atomic mass is 16.5. The highest BCUT2D eigenvalue weighted by Crippen LogP contribution is 2.32. The average molecular weight is 298 g/mol. The summed E-state index contributed by atoms with van der Waals surface area (Å²) in [6.45, 7) is 7.45. The van der Waals surface area contributed by atoms with Crippen LogP contribution in [0.1, 0.15) is 46.5 Å². The number of aliphatic carboxylic acids is 1. The van der Waals surface area contributed by atoms with Gasteiger partial charge in [-0.15, -0.1) is 0 Å². The van der Waals surface area contributed by atoms with Crippen LogP contribution in [-0.4, -0.2) is 52.8 Å². The van der Waals surface area contributed by atoms with Crippen molar-refractivity contribution in [3.63, 3.8) is 0 Å². The first kappa shape index (κ1) is 16.1. The van der Waals surface area contributed by atoms with Gasteiger partial charge in [0, 0.05) is 6.54 Å². The van der Waals surface area contributed by atoms with Crippen LogP contribution < -0.4 is 5.32 Å². The van der Waals surface area contributed by atoms with Crippen LogP contribution >= 0.6 is 0 Å². The molecule has 0 radical (unpaired) electrons. The molecule has 0 aromatic carbocycles. The van der Waals surface area contributed by atoms with Crippen LogP contribution in [-0.2, 0) is 9.53 Å². The van der Waals surface area contributed by atoms with E-state index in [2.05, 4.69) is 12.2 Å². The molecule has 1 heterocycles. The predicted molar refractivity (Wildman–Crippen MR) is 78.1 cm³/mol. The molecule has 2 amide bonds. The van der Waals surface area contributed by atoms with E-state index in [1.54, 1.807) is 4.90 Å². The number of amides is 2. The van der Waals surface area contributed by atoms with Gasteiger partial charge in [0.25, 0.3) is 0 Å². The van der Waals surface area contributed by atoms with Crippen molar-refractivity contribution >= 4 is 12.0 Å². The molecular formula is C15H26N2O4. The Bertz CT molecular complexity index is 414. The molecule has 1 saturated carbocycles. The molecule has 2 fully saturated rings. The smallest absolute Gasteiger partial charge is 0.329 e. The maximum atomic E-state index is 12.4. The number of ether oxygens (including phenoxy) is 1. The standard InChI is InChI=1S/C15H26N2O4/c1-11-4-6-15(7-5-11,12(18)19)16-13(20)17-8-9-21-14(2,3)10-17/h11H,4-10H2,1-3H3,(H,16,20)(H,18,19). The van der Waals surface area contributed by atoms with E-state index in [1.807, 2.05) is 13.8 Å². The molecule has 21 heavy (non-hydrogen) atoms. The van der Waals surface area contributed by atoms with Crippen LogP contribution in [0.2, 0.25) is 0 Å². The van der Waals surface area contributed by atoms with Crippen LogP contribution in [0.15, 0.2) is 0 Å². The number of morpholine rings is 1. The zero-order valence-electron chi connectivity index (χ0n) is 13.1. The molecule has 6 heteroatoms. The van der Waals surface area contributed by atoms with Crippen LogP contribution in [0.3, 0.4) is 0 Å². The Balaban J connectivity index is 2.03. The van der Waals surface area contributed by atoms with Gasteiger partial charge in [0.1, 0.15) is 5.54 Å². The van der Waals surface area contributed by atoms with Gasteiger partial charge in [-0.2, -0.15) is 0 Å². The molecule has 1 saturated heterocycles. The van der Waals surface area contributed by atoms with Crippen molar-refractivity contribution in [3.05, 3.63) is 0 Å². The minimum Gasteiger partial charge on any atom is -0.480 e. The lowest BCUT2D eigenvalue weighted by atomic mass is 9.77. The second-order valence-corrected chi connectivity index (χ2v) is 7.03. The molecule has 2 N–H and O–H groups in total. The molecule has 0 bridgehead atoms. The molecule has 0 atom stereocenters. The minimum absolute atomic E-state index is 0.289. The van der Waals surface area contributed by atoms with Crippen LogP contribution in [0.5, 0.6) is 0 Å². The summed E-state index contributed by atoms with van der Waals surface area (Å²) < 4.78 is 5.58. The Labute approximate surface area is 125 Å². The molecule has 1 aliphatic heterocycles. The average Bonchev–Trinajstić information content (AvgIpc) is 2.40. The number of hydrogen-bond acceptors (Lipinski definition) is 3. The zero-order chi connectivity index (χ0) is 15.7. The first-order valence-corrected chi connectivity index (χ1v) is 7.69. The van der Waals surface area contributed by atoms with Crippen molar-refractivity contribution in [2.75, 3.05) is 19.7 Å². The van der Waals surface area contributed by atoms with Gasteiger partial charge in [-0.3, -0.25) is 0 Å². The minimum atomic E-state index is -1.11. The van der Waals surface area contributed by atoms with E-state index in [0.717, 1.165) is 12.8 Å². The van der Waals surface area contributed by atoms with Crippen molar-refractivity contribution in [1.29, 1.82) is 0 Å². The van der Waals surface area contributed by atoms with Crippen molar-refractivity contribution in [3.8, 4) is 0 Å². The summed E-state index contributed by atoms with van der Waals surface area (Å²) in [5.74, 6) is -0.396. The summed E-state index contributed by atoms with van der Waals surface area (Å²) in [5, 5.41) is 12.4. The van der Waals surface area contributed by atoms with Gasteiger partial charge < -0.3 is 20.1 Å². The lowest BCUT2D eigenvalue weighted by molar-refractivity contribution is -0.146. The Morgan fingerprint density at radius 1 is 1.29 bits per heavy atom. The quantitative estimate of drug-likeness (QED) is 0.815. The van der Waals surface area contributed by atoms with Crippen molar-refractivity contribution in [2.24, 2.45) is 5.92 Å². The fourth-order valence-electron chi connectivity index (χ4n) is 3.12. The lowest BCUT2D eigenvalue weighted by Crippen LogP contribution is -2.62. The van der Waals surface area contributed by atoms with E-state index in [9.17, 15) is 14.7 Å². The summed E-state index contributed by atoms with van der Waals surface area (Å²) in [5.41, 5.74) is -1.49. The van der Waals surface area contributed by atoms with Gasteiger partial charge in [0.2, 0.25) is 0 Å². The molecular weight excluding hydrogens is 272 g/mol. The first-order valence-electron chi connectivity index (χ1n) is 7.69. The molecule has 1 aliphatic carbocycles. The first-order chi connectivity index (χ1) is 9.74. The van der Waals surface area contributed by atoms with E-state index in [4.69, 9.17) is 4.74 Å². The second-order valence-electron chi connectivity index (χ2n) is 7.03. The lowest BCUT2D eigenvalue weighted by Gasteiger charge is -2.41. The fourth-order valence-corrected chi connectivity index (χ4v) is 3.12. The summed E-state index contributed by atoms with van der Waals surface area (Å²) in [7, 11) is 0. The maximum Gasteiger partial charge on any atom is 0.329 e. The van der Waals surface area contributed by atoms with E-state index in [-0.39, 0.29) is 11.6 Å². The molecule has 2 rings (SSSR count). The number of urea groups is 1. The monoisotopic (exact) mass is 298 g/mol.